The standard InChI is InChI=1S/C29H26BrF3N6O3/c30-22-9-18-20(19-12-35-37-24(19)22)13-39(14-29(31,32)33)27(42)28(10-21(18)28)11-23(40)38-6-3-15(4-7-38)17-8-16-2-1-5-34-25(16)36-26(17)41/h1-2,5,8-9,12,15,21H,3-4,6-7,10-11,13-14H2,(H,35,37)(H,34,36,41)/t21-,28?/m1/s1. The van der Waals surface area contributed by atoms with E-state index >= 15 is 0 Å². The van der Waals surface area contributed by atoms with Crippen molar-refractivity contribution in [1.82, 2.24) is 30.0 Å². The molecular weight excluding hydrogens is 617 g/mol. The highest BCUT2D eigenvalue weighted by molar-refractivity contribution is 9.10. The van der Waals surface area contributed by atoms with Crippen LogP contribution >= 0.6 is 15.9 Å². The molecule has 0 spiro atoms. The van der Waals surface area contributed by atoms with E-state index in [-0.39, 0.29) is 36.3 Å². The fraction of sp³-hybridized carbons (Fsp3) is 0.414. The Bertz CT molecular complexity index is 1810. The fourth-order valence-electron chi connectivity index (χ4n) is 6.95. The number of fused-ring (bicyclic) bond motifs is 6. The van der Waals surface area contributed by atoms with Gasteiger partial charge < -0.3 is 14.8 Å². The number of aromatic nitrogens is 4. The van der Waals surface area contributed by atoms with E-state index in [1.54, 1.807) is 23.4 Å². The van der Waals surface area contributed by atoms with Gasteiger partial charge in [0, 0.05) is 59.0 Å². The molecule has 1 unspecified atom stereocenters. The van der Waals surface area contributed by atoms with Crippen LogP contribution in [0.15, 0.2) is 45.9 Å². The minimum absolute atomic E-state index is 0.0439. The molecule has 4 aromatic rings. The number of rotatable bonds is 4. The molecule has 1 saturated carbocycles. The lowest BCUT2D eigenvalue weighted by molar-refractivity contribution is -0.166. The third kappa shape index (κ3) is 4.48. The summed E-state index contributed by atoms with van der Waals surface area (Å²) in [5, 5.41) is 8.43. The first-order valence-corrected chi connectivity index (χ1v) is 14.6. The smallest absolute Gasteiger partial charge is 0.343 e. The molecule has 2 N–H and O–H groups in total. The second-order valence-corrected chi connectivity index (χ2v) is 12.5. The van der Waals surface area contributed by atoms with Gasteiger partial charge in [0.1, 0.15) is 12.2 Å². The molecule has 1 aromatic carbocycles. The molecule has 13 heteroatoms. The lowest BCUT2D eigenvalue weighted by Crippen LogP contribution is -2.45. The van der Waals surface area contributed by atoms with Gasteiger partial charge in [0.15, 0.2) is 0 Å². The summed E-state index contributed by atoms with van der Waals surface area (Å²) in [6, 6.07) is 7.38. The lowest BCUT2D eigenvalue weighted by Gasteiger charge is -2.33. The second kappa shape index (κ2) is 9.65. The van der Waals surface area contributed by atoms with Gasteiger partial charge in [0.25, 0.3) is 5.56 Å². The summed E-state index contributed by atoms with van der Waals surface area (Å²) < 4.78 is 41.6. The van der Waals surface area contributed by atoms with Crippen LogP contribution in [0.25, 0.3) is 21.9 Å². The quantitative estimate of drug-likeness (QED) is 0.334. The first kappa shape index (κ1) is 27.1. The Morgan fingerprint density at radius 2 is 1.95 bits per heavy atom. The molecule has 2 atom stereocenters. The highest BCUT2D eigenvalue weighted by Crippen LogP contribution is 2.65. The maximum Gasteiger partial charge on any atom is 0.406 e. The fourth-order valence-corrected chi connectivity index (χ4v) is 7.50. The van der Waals surface area contributed by atoms with Gasteiger partial charge in [-0.2, -0.15) is 18.3 Å². The first-order valence-electron chi connectivity index (χ1n) is 13.8. The van der Waals surface area contributed by atoms with Gasteiger partial charge in [-0.15, -0.1) is 0 Å². The molecule has 2 fully saturated rings. The Morgan fingerprint density at radius 1 is 1.17 bits per heavy atom. The van der Waals surface area contributed by atoms with E-state index in [4.69, 9.17) is 0 Å². The van der Waals surface area contributed by atoms with Crippen LogP contribution in [-0.2, 0) is 16.1 Å². The number of alkyl halides is 3. The van der Waals surface area contributed by atoms with Gasteiger partial charge >= 0.3 is 6.18 Å². The van der Waals surface area contributed by atoms with Crippen molar-refractivity contribution in [3.63, 3.8) is 0 Å². The molecule has 3 aromatic heterocycles. The number of amides is 2. The summed E-state index contributed by atoms with van der Waals surface area (Å²) in [6.07, 6.45) is -0.109. The molecule has 0 radical (unpaired) electrons. The van der Waals surface area contributed by atoms with Crippen LogP contribution in [0.4, 0.5) is 13.2 Å². The van der Waals surface area contributed by atoms with Crippen molar-refractivity contribution in [3.05, 3.63) is 68.2 Å². The molecule has 5 heterocycles. The predicted octanol–water partition coefficient (Wildman–Crippen LogP) is 4.74. The molecule has 2 amide bonds. The van der Waals surface area contributed by atoms with Crippen LogP contribution in [0.5, 0.6) is 0 Å². The van der Waals surface area contributed by atoms with Crippen molar-refractivity contribution in [2.45, 2.75) is 50.2 Å². The van der Waals surface area contributed by atoms with E-state index in [9.17, 15) is 27.6 Å². The molecule has 42 heavy (non-hydrogen) atoms. The van der Waals surface area contributed by atoms with Crippen molar-refractivity contribution >= 4 is 49.7 Å². The van der Waals surface area contributed by atoms with Crippen molar-refractivity contribution < 1.29 is 22.8 Å². The van der Waals surface area contributed by atoms with Crippen LogP contribution in [-0.4, -0.2) is 67.6 Å². The van der Waals surface area contributed by atoms with Gasteiger partial charge in [0.05, 0.1) is 17.1 Å². The van der Waals surface area contributed by atoms with E-state index < -0.39 is 24.0 Å². The average Bonchev–Trinajstić information content (AvgIpc) is 3.46. The lowest BCUT2D eigenvalue weighted by atomic mass is 9.88. The van der Waals surface area contributed by atoms with Crippen molar-refractivity contribution in [1.29, 1.82) is 0 Å². The van der Waals surface area contributed by atoms with Crippen molar-refractivity contribution in [2.75, 3.05) is 19.6 Å². The van der Waals surface area contributed by atoms with Gasteiger partial charge in [0.2, 0.25) is 11.8 Å². The Morgan fingerprint density at radius 3 is 2.71 bits per heavy atom. The number of hydrogen-bond donors (Lipinski definition) is 2. The van der Waals surface area contributed by atoms with Crippen LogP contribution in [0.1, 0.15) is 54.2 Å². The van der Waals surface area contributed by atoms with E-state index in [0.717, 1.165) is 15.8 Å². The van der Waals surface area contributed by atoms with Gasteiger partial charge in [-0.05, 0) is 76.5 Å². The summed E-state index contributed by atoms with van der Waals surface area (Å²) >= 11 is 3.53. The maximum atomic E-state index is 13.8. The van der Waals surface area contributed by atoms with Gasteiger partial charge in [-0.3, -0.25) is 19.5 Å². The summed E-state index contributed by atoms with van der Waals surface area (Å²) in [4.78, 5) is 49.7. The molecule has 1 aliphatic carbocycles. The predicted molar refractivity (Wildman–Crippen MR) is 151 cm³/mol. The zero-order valence-electron chi connectivity index (χ0n) is 22.3. The molecule has 3 aliphatic rings. The van der Waals surface area contributed by atoms with E-state index in [1.807, 2.05) is 18.2 Å². The van der Waals surface area contributed by atoms with Crippen molar-refractivity contribution in [2.24, 2.45) is 5.41 Å². The number of nitrogens with zero attached hydrogens (tertiary/aromatic N) is 4. The molecule has 218 valence electrons. The number of carbonyl (C=O) groups is 2. The highest BCUT2D eigenvalue weighted by Gasteiger charge is 2.65. The third-order valence-corrected chi connectivity index (χ3v) is 9.74. The van der Waals surface area contributed by atoms with Gasteiger partial charge in [-0.25, -0.2) is 4.98 Å². The Hall–Kier alpha value is -3.74. The van der Waals surface area contributed by atoms with E-state index in [0.29, 0.717) is 64.5 Å². The SMILES string of the molecule is O=C(CC12C[C@@H]1c1cc(Br)c3[nH]ncc3c1CN(CC(F)(F)F)C2=O)N1CCC(c2cc3cccnc3[nH]c2=O)CC1. The topological polar surface area (TPSA) is 115 Å². The zero-order chi connectivity index (χ0) is 29.4. The Balaban J connectivity index is 1.13. The average molecular weight is 643 g/mol. The largest absolute Gasteiger partial charge is 0.406 e. The number of piperidine rings is 1. The minimum atomic E-state index is -4.58. The monoisotopic (exact) mass is 642 g/mol. The Kier molecular flexibility index (Phi) is 6.23. The molecule has 7 rings (SSSR count). The maximum absolute atomic E-state index is 13.8. The summed E-state index contributed by atoms with van der Waals surface area (Å²) in [7, 11) is 0. The number of carbonyl (C=O) groups excluding carboxylic acids is 2. The molecular formula is C29H26BrF3N6O3. The van der Waals surface area contributed by atoms with Crippen molar-refractivity contribution in [3.8, 4) is 0 Å². The van der Waals surface area contributed by atoms with Crippen LogP contribution in [0.2, 0.25) is 0 Å². The van der Waals surface area contributed by atoms with Gasteiger partial charge in [-0.1, -0.05) is 0 Å². The number of likely N-dealkylation sites (tertiary alicyclic amines) is 1. The molecule has 1 saturated heterocycles. The number of pyridine rings is 2. The van der Waals surface area contributed by atoms with Crippen LogP contribution in [0, 0.1) is 5.41 Å². The molecule has 2 aliphatic heterocycles. The summed E-state index contributed by atoms with van der Waals surface area (Å²) in [5.41, 5.74) is 1.82. The number of hydrogen-bond acceptors (Lipinski definition) is 5. The van der Waals surface area contributed by atoms with E-state index in [1.165, 1.54) is 0 Å². The summed E-state index contributed by atoms with van der Waals surface area (Å²) in [6.45, 7) is -0.796. The number of H-pyrrole nitrogens is 2. The van der Waals surface area contributed by atoms with Crippen LogP contribution in [0.3, 0.4) is 0 Å². The normalized spacial score (nSPS) is 22.8. The number of halogens is 4. The first-order chi connectivity index (χ1) is 20.0. The number of nitrogens with one attached hydrogen (secondary N) is 2. The Labute approximate surface area is 245 Å². The number of benzene rings is 1. The van der Waals surface area contributed by atoms with E-state index in [2.05, 4.69) is 36.1 Å². The zero-order valence-corrected chi connectivity index (χ0v) is 23.9. The summed E-state index contributed by atoms with van der Waals surface area (Å²) in [5.74, 6) is -1.29. The number of aromatic amines is 2. The minimum Gasteiger partial charge on any atom is -0.343 e. The van der Waals surface area contributed by atoms with Crippen LogP contribution < -0.4 is 5.56 Å². The second-order valence-electron chi connectivity index (χ2n) is 11.6. The third-order valence-electron chi connectivity index (χ3n) is 9.12. The molecule has 0 bridgehead atoms. The highest BCUT2D eigenvalue weighted by atomic mass is 79.9. The molecule has 9 nitrogen and oxygen atoms in total.